The van der Waals surface area contributed by atoms with E-state index in [2.05, 4.69) is 10.6 Å². The fourth-order valence-corrected chi connectivity index (χ4v) is 2.56. The molecule has 0 saturated carbocycles. The van der Waals surface area contributed by atoms with E-state index in [0.717, 1.165) is 0 Å². The highest BCUT2D eigenvalue weighted by atomic mass is 16.6. The van der Waals surface area contributed by atoms with E-state index in [-0.39, 0.29) is 35.2 Å². The summed E-state index contributed by atoms with van der Waals surface area (Å²) in [5.41, 5.74) is -0.470. The van der Waals surface area contributed by atoms with E-state index in [9.17, 15) is 20.0 Å². The number of hydrogen-bond donors (Lipinski definition) is 3. The van der Waals surface area contributed by atoms with Crippen LogP contribution in [0.15, 0.2) is 12.1 Å². The third-order valence-corrected chi connectivity index (χ3v) is 3.85. The van der Waals surface area contributed by atoms with Crippen LogP contribution in [0, 0.1) is 16.0 Å². The number of aliphatic hydroxyl groups excluding tert-OH is 1. The SMILES string of the molecule is CCOc1cc([N+](=O)[O-])c(C(=O)NCC2CNCC2O)cc1OC. The molecule has 3 N–H and O–H groups in total. The second-order valence-electron chi connectivity index (χ2n) is 5.41. The summed E-state index contributed by atoms with van der Waals surface area (Å²) in [7, 11) is 1.39. The van der Waals surface area contributed by atoms with E-state index >= 15 is 0 Å². The number of methoxy groups -OCH3 is 1. The first kappa shape index (κ1) is 18.0. The number of aliphatic hydroxyl groups is 1. The van der Waals surface area contributed by atoms with Gasteiger partial charge in [0.25, 0.3) is 11.6 Å². The second-order valence-corrected chi connectivity index (χ2v) is 5.41. The number of carbonyl (C=O) groups is 1. The first-order valence-electron chi connectivity index (χ1n) is 7.64. The standard InChI is InChI=1S/C15H21N3O6/c1-3-24-14-5-11(18(21)22)10(4-13(14)23-2)15(20)17-7-9-6-16-8-12(9)19/h4-5,9,12,16,19H,3,6-8H2,1-2H3,(H,17,20). The normalized spacial score (nSPS) is 19.8. The molecule has 2 atom stereocenters. The lowest BCUT2D eigenvalue weighted by molar-refractivity contribution is -0.385. The molecule has 0 radical (unpaired) electrons. The van der Waals surface area contributed by atoms with Gasteiger partial charge in [-0.2, -0.15) is 0 Å². The Kier molecular flexibility index (Phi) is 5.93. The third kappa shape index (κ3) is 3.92. The van der Waals surface area contributed by atoms with Gasteiger partial charge in [-0.15, -0.1) is 0 Å². The molecule has 1 aromatic rings. The second kappa shape index (κ2) is 7.93. The molecular weight excluding hydrogens is 318 g/mol. The average Bonchev–Trinajstić information content (AvgIpc) is 2.97. The summed E-state index contributed by atoms with van der Waals surface area (Å²) < 4.78 is 10.4. The highest BCUT2D eigenvalue weighted by molar-refractivity contribution is 5.99. The molecule has 0 aliphatic carbocycles. The quantitative estimate of drug-likeness (QED) is 0.482. The number of nitro groups is 1. The van der Waals surface area contributed by atoms with Gasteiger partial charge in [0, 0.05) is 31.6 Å². The molecule has 1 heterocycles. The van der Waals surface area contributed by atoms with Gasteiger partial charge in [-0.1, -0.05) is 0 Å². The van der Waals surface area contributed by atoms with Crippen LogP contribution in [0.25, 0.3) is 0 Å². The van der Waals surface area contributed by atoms with Crippen molar-refractivity contribution in [3.05, 3.63) is 27.8 Å². The predicted octanol–water partition coefficient (Wildman–Crippen LogP) is 0.312. The van der Waals surface area contributed by atoms with Crippen molar-refractivity contribution >= 4 is 11.6 Å². The topological polar surface area (TPSA) is 123 Å². The van der Waals surface area contributed by atoms with Gasteiger partial charge in [0.05, 0.1) is 30.8 Å². The summed E-state index contributed by atoms with van der Waals surface area (Å²) in [6, 6.07) is 2.48. The Labute approximate surface area is 139 Å². The van der Waals surface area contributed by atoms with Crippen LogP contribution in [0.3, 0.4) is 0 Å². The summed E-state index contributed by atoms with van der Waals surface area (Å²) >= 11 is 0. The Morgan fingerprint density at radius 1 is 1.46 bits per heavy atom. The zero-order valence-corrected chi connectivity index (χ0v) is 13.6. The van der Waals surface area contributed by atoms with Gasteiger partial charge in [-0.05, 0) is 6.92 Å². The van der Waals surface area contributed by atoms with Crippen molar-refractivity contribution in [2.45, 2.75) is 13.0 Å². The number of nitrogens with zero attached hydrogens (tertiary/aromatic N) is 1. The van der Waals surface area contributed by atoms with Gasteiger partial charge in [-0.25, -0.2) is 0 Å². The molecule has 1 amide bonds. The van der Waals surface area contributed by atoms with Gasteiger partial charge in [0.15, 0.2) is 11.5 Å². The number of hydrogen-bond acceptors (Lipinski definition) is 7. The fourth-order valence-electron chi connectivity index (χ4n) is 2.56. The molecule has 9 nitrogen and oxygen atoms in total. The summed E-state index contributed by atoms with van der Waals surface area (Å²) in [5, 5.41) is 26.6. The van der Waals surface area contributed by atoms with E-state index in [1.54, 1.807) is 6.92 Å². The van der Waals surface area contributed by atoms with E-state index in [0.29, 0.717) is 19.7 Å². The molecule has 1 saturated heterocycles. The van der Waals surface area contributed by atoms with E-state index < -0.39 is 16.9 Å². The van der Waals surface area contributed by atoms with Crippen LogP contribution in [0.5, 0.6) is 11.5 Å². The lowest BCUT2D eigenvalue weighted by atomic mass is 10.1. The molecule has 1 aromatic carbocycles. The number of β-amino-alcohol motifs (C(OH)–C–C–N with tert-alkyl or cyclic N) is 1. The maximum absolute atomic E-state index is 12.4. The number of benzene rings is 1. The predicted molar refractivity (Wildman–Crippen MR) is 85.5 cm³/mol. The highest BCUT2D eigenvalue weighted by Gasteiger charge is 2.28. The van der Waals surface area contributed by atoms with Gasteiger partial charge in [0.1, 0.15) is 5.56 Å². The van der Waals surface area contributed by atoms with Crippen LogP contribution >= 0.6 is 0 Å². The van der Waals surface area contributed by atoms with Crippen molar-refractivity contribution in [3.63, 3.8) is 0 Å². The van der Waals surface area contributed by atoms with Crippen LogP contribution in [0.4, 0.5) is 5.69 Å². The molecule has 2 rings (SSSR count). The maximum Gasteiger partial charge on any atom is 0.286 e. The minimum absolute atomic E-state index is 0.110. The molecule has 1 fully saturated rings. The Morgan fingerprint density at radius 3 is 2.75 bits per heavy atom. The maximum atomic E-state index is 12.4. The van der Waals surface area contributed by atoms with Crippen molar-refractivity contribution < 1.29 is 24.3 Å². The Balaban J connectivity index is 2.23. The molecule has 0 bridgehead atoms. The molecule has 24 heavy (non-hydrogen) atoms. The van der Waals surface area contributed by atoms with Gasteiger partial charge >= 0.3 is 0 Å². The minimum atomic E-state index is -0.636. The molecule has 0 aromatic heterocycles. The first-order chi connectivity index (χ1) is 11.5. The molecule has 2 unspecified atom stereocenters. The van der Waals surface area contributed by atoms with Crippen LogP contribution in [-0.4, -0.2) is 55.4 Å². The van der Waals surface area contributed by atoms with Crippen molar-refractivity contribution in [1.82, 2.24) is 10.6 Å². The lowest BCUT2D eigenvalue weighted by Gasteiger charge is -2.15. The minimum Gasteiger partial charge on any atom is -0.493 e. The van der Waals surface area contributed by atoms with Crippen molar-refractivity contribution in [2.24, 2.45) is 5.92 Å². The Bertz CT molecular complexity index is 621. The average molecular weight is 339 g/mol. The van der Waals surface area contributed by atoms with Crippen LogP contribution in [0.1, 0.15) is 17.3 Å². The summed E-state index contributed by atoms with van der Waals surface area (Å²) in [6.07, 6.45) is -0.546. The zero-order chi connectivity index (χ0) is 17.7. The molecule has 132 valence electrons. The molecule has 1 aliphatic rings. The van der Waals surface area contributed by atoms with E-state index in [1.807, 2.05) is 0 Å². The van der Waals surface area contributed by atoms with Crippen molar-refractivity contribution in [3.8, 4) is 11.5 Å². The first-order valence-corrected chi connectivity index (χ1v) is 7.64. The zero-order valence-electron chi connectivity index (χ0n) is 13.6. The molecule has 0 spiro atoms. The molecule has 1 aliphatic heterocycles. The smallest absolute Gasteiger partial charge is 0.286 e. The van der Waals surface area contributed by atoms with Gasteiger partial charge in [-0.3, -0.25) is 14.9 Å². The highest BCUT2D eigenvalue weighted by Crippen LogP contribution is 2.34. The lowest BCUT2D eigenvalue weighted by Crippen LogP contribution is -2.34. The Hall–Kier alpha value is -2.39. The Morgan fingerprint density at radius 2 is 2.21 bits per heavy atom. The summed E-state index contributed by atoms with van der Waals surface area (Å²) in [5.74, 6) is -0.270. The number of ether oxygens (including phenoxy) is 2. The van der Waals surface area contributed by atoms with E-state index in [4.69, 9.17) is 9.47 Å². The van der Waals surface area contributed by atoms with Crippen molar-refractivity contribution in [2.75, 3.05) is 33.4 Å². The number of nitrogens with one attached hydrogen (secondary N) is 2. The van der Waals surface area contributed by atoms with Crippen LogP contribution < -0.4 is 20.1 Å². The van der Waals surface area contributed by atoms with E-state index in [1.165, 1.54) is 19.2 Å². The van der Waals surface area contributed by atoms with Gasteiger partial charge < -0.3 is 25.2 Å². The third-order valence-electron chi connectivity index (χ3n) is 3.85. The molecule has 9 heteroatoms. The largest absolute Gasteiger partial charge is 0.493 e. The number of amides is 1. The molecular formula is C15H21N3O6. The van der Waals surface area contributed by atoms with Crippen molar-refractivity contribution in [1.29, 1.82) is 0 Å². The van der Waals surface area contributed by atoms with Crippen LogP contribution in [-0.2, 0) is 0 Å². The van der Waals surface area contributed by atoms with Crippen LogP contribution in [0.2, 0.25) is 0 Å². The summed E-state index contributed by atoms with van der Waals surface area (Å²) in [4.78, 5) is 23.0. The summed E-state index contributed by atoms with van der Waals surface area (Å²) in [6.45, 7) is 3.33. The number of carbonyl (C=O) groups excluding carboxylic acids is 1. The monoisotopic (exact) mass is 339 g/mol. The number of rotatable bonds is 7. The fraction of sp³-hybridized carbons (Fsp3) is 0.533. The van der Waals surface area contributed by atoms with Gasteiger partial charge in [0.2, 0.25) is 0 Å². The number of nitro benzene ring substituents is 1.